The Labute approximate surface area is 160 Å². The van der Waals surface area contributed by atoms with E-state index >= 15 is 0 Å². The van der Waals surface area contributed by atoms with Crippen molar-refractivity contribution in [1.82, 2.24) is 0 Å². The summed E-state index contributed by atoms with van der Waals surface area (Å²) in [6.07, 6.45) is -2.72. The molecule has 1 aromatic heterocycles. The largest absolute Gasteiger partial charge is 0.394 e. The first-order valence-corrected chi connectivity index (χ1v) is 9.75. The summed E-state index contributed by atoms with van der Waals surface area (Å²) in [5, 5.41) is 30.6. The second kappa shape index (κ2) is 7.66. The number of ether oxygens (including phenoxy) is 1. The molecule has 142 valence electrons. The van der Waals surface area contributed by atoms with Crippen LogP contribution in [0.25, 0.3) is 10.1 Å². The van der Waals surface area contributed by atoms with Gasteiger partial charge in [0.1, 0.15) is 18.0 Å². The molecule has 1 saturated heterocycles. The van der Waals surface area contributed by atoms with Crippen LogP contribution in [0, 0.1) is 5.82 Å². The summed E-state index contributed by atoms with van der Waals surface area (Å²) < 4.78 is 21.2. The van der Waals surface area contributed by atoms with Gasteiger partial charge in [0.15, 0.2) is 0 Å². The first kappa shape index (κ1) is 18.5. The molecule has 2 aromatic carbocycles. The minimum atomic E-state index is -0.917. The Morgan fingerprint density at radius 1 is 1.07 bits per heavy atom. The van der Waals surface area contributed by atoms with E-state index in [9.17, 15) is 19.7 Å². The summed E-state index contributed by atoms with van der Waals surface area (Å²) in [7, 11) is 0. The third-order valence-corrected chi connectivity index (χ3v) is 6.12. The zero-order chi connectivity index (χ0) is 19.0. The summed E-state index contributed by atoms with van der Waals surface area (Å²) in [5.74, 6) is -0.305. The molecule has 0 aliphatic carbocycles. The Balaban J connectivity index is 1.61. The summed E-state index contributed by atoms with van der Waals surface area (Å²) in [4.78, 5) is 1.06. The maximum Gasteiger partial charge on any atom is 0.126 e. The maximum atomic E-state index is 14.4. The van der Waals surface area contributed by atoms with E-state index < -0.39 is 24.4 Å². The van der Waals surface area contributed by atoms with Crippen molar-refractivity contribution < 1.29 is 24.4 Å². The molecule has 0 radical (unpaired) electrons. The lowest BCUT2D eigenvalue weighted by atomic mass is 9.92. The second-order valence-corrected chi connectivity index (χ2v) is 8.09. The van der Waals surface area contributed by atoms with E-state index in [0.29, 0.717) is 17.5 Å². The minimum absolute atomic E-state index is 0.110. The van der Waals surface area contributed by atoms with Gasteiger partial charge in [-0.15, -0.1) is 11.3 Å². The molecule has 27 heavy (non-hydrogen) atoms. The van der Waals surface area contributed by atoms with Crippen LogP contribution in [0.15, 0.2) is 48.5 Å². The van der Waals surface area contributed by atoms with Crippen LogP contribution in [0.1, 0.15) is 28.5 Å². The third-order valence-electron chi connectivity index (χ3n) is 5.00. The lowest BCUT2D eigenvalue weighted by Crippen LogP contribution is -2.44. The normalized spacial score (nSPS) is 25.8. The van der Waals surface area contributed by atoms with Crippen molar-refractivity contribution in [2.24, 2.45) is 0 Å². The van der Waals surface area contributed by atoms with Gasteiger partial charge < -0.3 is 20.1 Å². The van der Waals surface area contributed by atoms with Crippen LogP contribution in [0.2, 0.25) is 0 Å². The van der Waals surface area contributed by atoms with Crippen LogP contribution in [-0.2, 0) is 11.2 Å². The summed E-state index contributed by atoms with van der Waals surface area (Å²) >= 11 is 1.63. The van der Waals surface area contributed by atoms with Gasteiger partial charge in [0.2, 0.25) is 0 Å². The molecule has 6 heteroatoms. The molecule has 0 bridgehead atoms. The summed E-state index contributed by atoms with van der Waals surface area (Å²) in [6.45, 7) is -0.333. The van der Waals surface area contributed by atoms with Crippen molar-refractivity contribution in [3.8, 4) is 0 Å². The predicted octanol–water partition coefficient (Wildman–Crippen LogP) is 3.18. The fourth-order valence-electron chi connectivity index (χ4n) is 3.58. The minimum Gasteiger partial charge on any atom is -0.394 e. The fourth-order valence-corrected chi connectivity index (χ4v) is 4.66. The number of thiophene rings is 1. The molecule has 3 N–H and O–H groups in total. The molecule has 1 fully saturated rings. The third kappa shape index (κ3) is 3.77. The second-order valence-electron chi connectivity index (χ2n) is 6.93. The van der Waals surface area contributed by atoms with Crippen molar-refractivity contribution in [3.63, 3.8) is 0 Å². The number of hydrogen-bond acceptors (Lipinski definition) is 5. The Hall–Kier alpha value is -1.83. The smallest absolute Gasteiger partial charge is 0.126 e. The van der Waals surface area contributed by atoms with Gasteiger partial charge in [0.05, 0.1) is 18.8 Å². The van der Waals surface area contributed by atoms with Crippen molar-refractivity contribution in [1.29, 1.82) is 0 Å². The van der Waals surface area contributed by atoms with Crippen LogP contribution in [0.5, 0.6) is 0 Å². The lowest BCUT2D eigenvalue weighted by molar-refractivity contribution is -0.181. The lowest BCUT2D eigenvalue weighted by Gasteiger charge is -2.36. The zero-order valence-electron chi connectivity index (χ0n) is 14.6. The number of rotatable bonds is 4. The molecule has 3 unspecified atom stereocenters. The van der Waals surface area contributed by atoms with Crippen molar-refractivity contribution in [2.45, 2.75) is 37.3 Å². The molecule has 4 nitrogen and oxygen atoms in total. The number of aliphatic hydroxyl groups excluding tert-OH is 3. The highest BCUT2D eigenvalue weighted by Gasteiger charge is 2.36. The van der Waals surface area contributed by atoms with E-state index in [4.69, 9.17) is 4.74 Å². The van der Waals surface area contributed by atoms with Crippen LogP contribution in [0.3, 0.4) is 0 Å². The number of benzene rings is 2. The van der Waals surface area contributed by atoms with Crippen LogP contribution in [-0.4, -0.2) is 40.2 Å². The SMILES string of the molecule is OCC1OC(c2ccc(F)c(Cc3cc4ccccc4s3)c2)C(O)C[C@@H]1O. The highest BCUT2D eigenvalue weighted by molar-refractivity contribution is 7.19. The molecule has 2 heterocycles. The molecule has 0 spiro atoms. The van der Waals surface area contributed by atoms with E-state index in [1.54, 1.807) is 23.5 Å². The summed E-state index contributed by atoms with van der Waals surface area (Å²) in [5.41, 5.74) is 1.17. The van der Waals surface area contributed by atoms with E-state index in [0.717, 1.165) is 15.0 Å². The Morgan fingerprint density at radius 2 is 1.89 bits per heavy atom. The van der Waals surface area contributed by atoms with Gasteiger partial charge in [-0.3, -0.25) is 0 Å². The van der Waals surface area contributed by atoms with Gasteiger partial charge in [-0.2, -0.15) is 0 Å². The van der Waals surface area contributed by atoms with Gasteiger partial charge in [0, 0.05) is 22.4 Å². The molecule has 4 atom stereocenters. The molecular formula is C21H21FO4S. The topological polar surface area (TPSA) is 69.9 Å². The Kier molecular flexibility index (Phi) is 5.25. The van der Waals surface area contributed by atoms with E-state index in [-0.39, 0.29) is 18.8 Å². The van der Waals surface area contributed by atoms with Crippen LogP contribution in [0.4, 0.5) is 4.39 Å². The van der Waals surface area contributed by atoms with Crippen molar-refractivity contribution in [2.75, 3.05) is 6.61 Å². The average Bonchev–Trinajstić information content (AvgIpc) is 3.06. The Bertz CT molecular complexity index is 908. The monoisotopic (exact) mass is 388 g/mol. The molecule has 4 rings (SSSR count). The fraction of sp³-hybridized carbons (Fsp3) is 0.333. The van der Waals surface area contributed by atoms with Crippen molar-refractivity contribution >= 4 is 21.4 Å². The van der Waals surface area contributed by atoms with Crippen molar-refractivity contribution in [3.05, 3.63) is 70.4 Å². The maximum absolute atomic E-state index is 14.4. The Morgan fingerprint density at radius 3 is 2.67 bits per heavy atom. The van der Waals surface area contributed by atoms with Gasteiger partial charge in [-0.25, -0.2) is 4.39 Å². The van der Waals surface area contributed by atoms with E-state index in [2.05, 4.69) is 6.07 Å². The average molecular weight is 388 g/mol. The van der Waals surface area contributed by atoms with Gasteiger partial charge in [-0.05, 0) is 40.8 Å². The molecular weight excluding hydrogens is 367 g/mol. The number of aliphatic hydroxyl groups is 3. The number of halogens is 1. The molecule has 3 aromatic rings. The first-order chi connectivity index (χ1) is 13.0. The van der Waals surface area contributed by atoms with Crippen LogP contribution >= 0.6 is 11.3 Å². The number of fused-ring (bicyclic) bond motifs is 1. The first-order valence-electron chi connectivity index (χ1n) is 8.93. The van der Waals surface area contributed by atoms with E-state index in [1.807, 2.05) is 24.3 Å². The molecule has 0 saturated carbocycles. The van der Waals surface area contributed by atoms with Gasteiger partial charge in [0.25, 0.3) is 0 Å². The van der Waals surface area contributed by atoms with Crippen LogP contribution < -0.4 is 0 Å². The molecule has 1 aliphatic rings. The van der Waals surface area contributed by atoms with Gasteiger partial charge in [-0.1, -0.05) is 24.3 Å². The standard InChI is InChI=1S/C21H21FO4S/c22-16-6-5-13(21-18(25)10-17(24)19(11-23)26-21)7-14(16)9-15-8-12-3-1-2-4-20(12)27-15/h1-8,17-19,21,23-25H,9-11H2/t17-,18?,19?,21?/m0/s1. The number of hydrogen-bond donors (Lipinski definition) is 3. The highest BCUT2D eigenvalue weighted by Crippen LogP contribution is 2.34. The molecule has 1 aliphatic heterocycles. The molecule has 0 amide bonds. The quantitative estimate of drug-likeness (QED) is 0.642. The van der Waals surface area contributed by atoms with E-state index in [1.165, 1.54) is 6.07 Å². The predicted molar refractivity (Wildman–Crippen MR) is 102 cm³/mol. The summed E-state index contributed by atoms with van der Waals surface area (Å²) in [6, 6.07) is 14.8. The highest BCUT2D eigenvalue weighted by atomic mass is 32.1. The zero-order valence-corrected chi connectivity index (χ0v) is 15.4. The van der Waals surface area contributed by atoms with Gasteiger partial charge >= 0.3 is 0 Å².